The van der Waals surface area contributed by atoms with Crippen molar-refractivity contribution in [2.75, 3.05) is 0 Å². The van der Waals surface area contributed by atoms with Gasteiger partial charge in [-0.05, 0) is 37.5 Å². The van der Waals surface area contributed by atoms with Crippen molar-refractivity contribution >= 4 is 0 Å². The highest BCUT2D eigenvalue weighted by Crippen LogP contribution is 2.26. The SMILES string of the molecule is CCCc1c(CC)nn(-c2cccc(C)c2)c1O. The largest absolute Gasteiger partial charge is 0.493 e. The molecule has 0 radical (unpaired) electrons. The first-order valence-electron chi connectivity index (χ1n) is 6.54. The second kappa shape index (κ2) is 5.25. The van der Waals surface area contributed by atoms with Gasteiger partial charge >= 0.3 is 0 Å². The third-order valence-electron chi connectivity index (χ3n) is 3.12. The number of aromatic hydroxyl groups is 1. The van der Waals surface area contributed by atoms with Crippen LogP contribution in [-0.4, -0.2) is 14.9 Å². The van der Waals surface area contributed by atoms with Gasteiger partial charge in [-0.3, -0.25) is 0 Å². The third-order valence-corrected chi connectivity index (χ3v) is 3.12. The quantitative estimate of drug-likeness (QED) is 0.895. The highest BCUT2D eigenvalue weighted by molar-refractivity contribution is 5.42. The predicted octanol–water partition coefficient (Wildman–Crippen LogP) is 3.40. The fourth-order valence-corrected chi connectivity index (χ4v) is 2.22. The molecule has 3 nitrogen and oxygen atoms in total. The molecular weight excluding hydrogens is 224 g/mol. The summed E-state index contributed by atoms with van der Waals surface area (Å²) in [4.78, 5) is 0. The van der Waals surface area contributed by atoms with Gasteiger partial charge in [0.25, 0.3) is 0 Å². The van der Waals surface area contributed by atoms with Crippen LogP contribution in [0.2, 0.25) is 0 Å². The van der Waals surface area contributed by atoms with Gasteiger partial charge in [0.05, 0.1) is 11.4 Å². The lowest BCUT2D eigenvalue weighted by Gasteiger charge is -2.04. The van der Waals surface area contributed by atoms with E-state index in [2.05, 4.69) is 18.9 Å². The maximum Gasteiger partial charge on any atom is 0.217 e. The molecule has 2 rings (SSSR count). The molecule has 1 N–H and O–H groups in total. The maximum atomic E-state index is 10.3. The Kier molecular flexibility index (Phi) is 3.70. The van der Waals surface area contributed by atoms with E-state index >= 15 is 0 Å². The van der Waals surface area contributed by atoms with Gasteiger partial charge in [0.2, 0.25) is 5.88 Å². The van der Waals surface area contributed by atoms with Crippen LogP contribution < -0.4 is 0 Å². The lowest BCUT2D eigenvalue weighted by molar-refractivity contribution is 0.427. The summed E-state index contributed by atoms with van der Waals surface area (Å²) < 4.78 is 1.65. The molecule has 2 aromatic rings. The van der Waals surface area contributed by atoms with Crippen LogP contribution in [0.3, 0.4) is 0 Å². The van der Waals surface area contributed by atoms with Crippen molar-refractivity contribution in [3.8, 4) is 11.6 Å². The van der Waals surface area contributed by atoms with Gasteiger partial charge in [-0.25, -0.2) is 4.68 Å². The molecule has 3 heteroatoms. The first-order valence-corrected chi connectivity index (χ1v) is 6.54. The molecule has 0 fully saturated rings. The highest BCUT2D eigenvalue weighted by atomic mass is 16.3. The Morgan fingerprint density at radius 1 is 1.28 bits per heavy atom. The zero-order valence-corrected chi connectivity index (χ0v) is 11.3. The van der Waals surface area contributed by atoms with E-state index in [1.165, 1.54) is 0 Å². The number of hydrogen-bond donors (Lipinski definition) is 1. The summed E-state index contributed by atoms with van der Waals surface area (Å²) in [5.74, 6) is 0.291. The maximum absolute atomic E-state index is 10.3. The van der Waals surface area contributed by atoms with Crippen molar-refractivity contribution < 1.29 is 5.11 Å². The van der Waals surface area contributed by atoms with E-state index in [1.54, 1.807) is 4.68 Å². The number of aromatic nitrogens is 2. The van der Waals surface area contributed by atoms with Gasteiger partial charge in [0.15, 0.2) is 0 Å². The zero-order chi connectivity index (χ0) is 13.1. The van der Waals surface area contributed by atoms with Crippen LogP contribution in [0, 0.1) is 6.92 Å². The topological polar surface area (TPSA) is 38.0 Å². The Bertz CT molecular complexity index is 543. The molecule has 0 unspecified atom stereocenters. The Balaban J connectivity index is 2.51. The van der Waals surface area contributed by atoms with Crippen molar-refractivity contribution in [3.63, 3.8) is 0 Å². The summed E-state index contributed by atoms with van der Waals surface area (Å²) in [6.45, 7) is 6.22. The monoisotopic (exact) mass is 244 g/mol. The lowest BCUT2D eigenvalue weighted by Crippen LogP contribution is -1.96. The number of aryl methyl sites for hydroxylation is 2. The van der Waals surface area contributed by atoms with E-state index in [-0.39, 0.29) is 0 Å². The van der Waals surface area contributed by atoms with Gasteiger partial charge in [0, 0.05) is 5.56 Å². The Labute approximate surface area is 108 Å². The van der Waals surface area contributed by atoms with Crippen molar-refractivity contribution in [1.29, 1.82) is 0 Å². The summed E-state index contributed by atoms with van der Waals surface area (Å²) in [7, 11) is 0. The molecule has 18 heavy (non-hydrogen) atoms. The molecule has 1 heterocycles. The molecule has 0 saturated heterocycles. The molecule has 0 saturated carbocycles. The summed E-state index contributed by atoms with van der Waals surface area (Å²) >= 11 is 0. The van der Waals surface area contributed by atoms with Crippen molar-refractivity contribution in [1.82, 2.24) is 9.78 Å². The van der Waals surface area contributed by atoms with Crippen molar-refractivity contribution in [2.24, 2.45) is 0 Å². The van der Waals surface area contributed by atoms with Crippen LogP contribution in [0.4, 0.5) is 0 Å². The summed E-state index contributed by atoms with van der Waals surface area (Å²) in [5.41, 5.74) is 4.07. The third kappa shape index (κ3) is 2.26. The second-order valence-electron chi connectivity index (χ2n) is 4.60. The van der Waals surface area contributed by atoms with Crippen LogP contribution in [0.5, 0.6) is 5.88 Å². The smallest absolute Gasteiger partial charge is 0.217 e. The molecule has 0 aliphatic rings. The molecular formula is C15H20N2O. The number of hydrogen-bond acceptors (Lipinski definition) is 2. The van der Waals surface area contributed by atoms with Crippen LogP contribution in [0.1, 0.15) is 37.1 Å². The van der Waals surface area contributed by atoms with Gasteiger partial charge < -0.3 is 5.11 Å². The van der Waals surface area contributed by atoms with Crippen LogP contribution in [0.15, 0.2) is 24.3 Å². The van der Waals surface area contributed by atoms with E-state index in [1.807, 2.05) is 31.2 Å². The van der Waals surface area contributed by atoms with E-state index < -0.39 is 0 Å². The van der Waals surface area contributed by atoms with Crippen molar-refractivity contribution in [3.05, 3.63) is 41.1 Å². The molecule has 1 aromatic heterocycles. The zero-order valence-electron chi connectivity index (χ0n) is 11.3. The number of nitrogens with zero attached hydrogens (tertiary/aromatic N) is 2. The lowest BCUT2D eigenvalue weighted by atomic mass is 10.1. The first kappa shape index (κ1) is 12.7. The predicted molar refractivity (Wildman–Crippen MR) is 73.3 cm³/mol. The fraction of sp³-hybridized carbons (Fsp3) is 0.400. The summed E-state index contributed by atoms with van der Waals surface area (Å²) in [6.07, 6.45) is 2.74. The van der Waals surface area contributed by atoms with Crippen molar-refractivity contribution in [2.45, 2.75) is 40.0 Å². The Morgan fingerprint density at radius 3 is 2.67 bits per heavy atom. The molecule has 0 aliphatic carbocycles. The molecule has 96 valence electrons. The van der Waals surface area contributed by atoms with E-state index in [9.17, 15) is 5.11 Å². The van der Waals surface area contributed by atoms with Gasteiger partial charge in [-0.1, -0.05) is 32.4 Å². The van der Waals surface area contributed by atoms with Crippen LogP contribution in [0.25, 0.3) is 5.69 Å². The van der Waals surface area contributed by atoms with Crippen LogP contribution >= 0.6 is 0 Å². The summed E-state index contributed by atoms with van der Waals surface area (Å²) in [5, 5.41) is 14.8. The molecule has 0 atom stereocenters. The Hall–Kier alpha value is -1.77. The highest BCUT2D eigenvalue weighted by Gasteiger charge is 2.16. The van der Waals surface area contributed by atoms with Gasteiger partial charge in [-0.15, -0.1) is 0 Å². The fourth-order valence-electron chi connectivity index (χ4n) is 2.22. The van der Waals surface area contributed by atoms with E-state index in [0.29, 0.717) is 5.88 Å². The molecule has 0 spiro atoms. The Morgan fingerprint density at radius 2 is 2.06 bits per heavy atom. The molecule has 0 amide bonds. The summed E-state index contributed by atoms with van der Waals surface area (Å²) in [6, 6.07) is 8.02. The molecule has 1 aromatic carbocycles. The van der Waals surface area contributed by atoms with E-state index in [0.717, 1.165) is 41.8 Å². The number of rotatable bonds is 4. The van der Waals surface area contributed by atoms with Gasteiger partial charge in [0.1, 0.15) is 0 Å². The first-order chi connectivity index (χ1) is 8.67. The minimum Gasteiger partial charge on any atom is -0.493 e. The van der Waals surface area contributed by atoms with E-state index in [4.69, 9.17) is 0 Å². The average Bonchev–Trinajstić information content (AvgIpc) is 2.67. The average molecular weight is 244 g/mol. The van der Waals surface area contributed by atoms with Gasteiger partial charge in [-0.2, -0.15) is 5.10 Å². The molecule has 0 aliphatic heterocycles. The standard InChI is InChI=1S/C15H20N2O/c1-4-7-13-14(5-2)16-17(15(13)18)12-9-6-8-11(3)10-12/h6,8-10,18H,4-5,7H2,1-3H3. The molecule has 0 bridgehead atoms. The van der Waals surface area contributed by atoms with Crippen LogP contribution in [-0.2, 0) is 12.8 Å². The number of benzene rings is 1. The minimum absolute atomic E-state index is 0.291. The second-order valence-corrected chi connectivity index (χ2v) is 4.60. The normalized spacial score (nSPS) is 10.8. The minimum atomic E-state index is 0.291.